The lowest BCUT2D eigenvalue weighted by molar-refractivity contribution is -0.118. The van der Waals surface area contributed by atoms with Gasteiger partial charge in [0.25, 0.3) is 5.91 Å². The zero-order chi connectivity index (χ0) is 20.5. The van der Waals surface area contributed by atoms with Gasteiger partial charge in [-0.3, -0.25) is 4.79 Å². The van der Waals surface area contributed by atoms with E-state index < -0.39 is 6.16 Å². The summed E-state index contributed by atoms with van der Waals surface area (Å²) in [6, 6.07) is 6.79. The number of rotatable bonds is 6. The fraction of sp³-hybridized carbons (Fsp3) is 0.476. The van der Waals surface area contributed by atoms with Crippen LogP contribution in [0.3, 0.4) is 0 Å². The maximum atomic E-state index is 12.5. The second-order valence-corrected chi connectivity index (χ2v) is 6.71. The third-order valence-corrected chi connectivity index (χ3v) is 4.75. The molecule has 1 amide bonds. The van der Waals surface area contributed by atoms with Crippen LogP contribution in [0, 0.1) is 17.2 Å². The molecule has 0 saturated heterocycles. The Morgan fingerprint density at radius 3 is 2.68 bits per heavy atom. The lowest BCUT2D eigenvalue weighted by atomic mass is 9.86. The molecule has 28 heavy (non-hydrogen) atoms. The van der Waals surface area contributed by atoms with Gasteiger partial charge in [0.2, 0.25) is 0 Å². The molecule has 0 spiro atoms. The van der Waals surface area contributed by atoms with Gasteiger partial charge < -0.3 is 19.5 Å². The van der Waals surface area contributed by atoms with Gasteiger partial charge in [0.15, 0.2) is 11.5 Å². The van der Waals surface area contributed by atoms with Gasteiger partial charge in [0.05, 0.1) is 13.7 Å². The van der Waals surface area contributed by atoms with Crippen LogP contribution >= 0.6 is 0 Å². The minimum Gasteiger partial charge on any atom is -0.493 e. The van der Waals surface area contributed by atoms with Crippen molar-refractivity contribution in [2.75, 3.05) is 13.7 Å². The van der Waals surface area contributed by atoms with Crippen molar-refractivity contribution in [3.8, 4) is 17.6 Å². The van der Waals surface area contributed by atoms with E-state index in [9.17, 15) is 14.9 Å². The van der Waals surface area contributed by atoms with Gasteiger partial charge in [-0.05, 0) is 49.5 Å². The first-order chi connectivity index (χ1) is 13.5. The number of carbonyl (C=O) groups excluding carboxylic acids is 2. The van der Waals surface area contributed by atoms with Gasteiger partial charge in [-0.15, -0.1) is 0 Å². The first kappa shape index (κ1) is 21.3. The molecule has 1 aromatic rings. The van der Waals surface area contributed by atoms with Crippen molar-refractivity contribution in [2.24, 2.45) is 5.92 Å². The number of benzene rings is 1. The summed E-state index contributed by atoms with van der Waals surface area (Å²) < 4.78 is 15.0. The minimum atomic E-state index is -0.831. The first-order valence-corrected chi connectivity index (χ1v) is 9.43. The number of hydrogen-bond donors (Lipinski definition) is 1. The van der Waals surface area contributed by atoms with E-state index in [2.05, 4.69) is 12.2 Å². The zero-order valence-corrected chi connectivity index (χ0v) is 16.5. The van der Waals surface area contributed by atoms with E-state index in [0.717, 1.165) is 19.3 Å². The Morgan fingerprint density at radius 2 is 2.04 bits per heavy atom. The number of carbonyl (C=O) groups is 2. The van der Waals surface area contributed by atoms with Gasteiger partial charge in [0, 0.05) is 6.04 Å². The number of nitriles is 1. The van der Waals surface area contributed by atoms with Gasteiger partial charge >= 0.3 is 6.16 Å². The van der Waals surface area contributed by atoms with Crippen LogP contribution in [0.1, 0.15) is 45.1 Å². The highest BCUT2D eigenvalue weighted by molar-refractivity contribution is 6.01. The van der Waals surface area contributed by atoms with E-state index >= 15 is 0 Å². The summed E-state index contributed by atoms with van der Waals surface area (Å²) in [7, 11) is 1.43. The molecule has 2 rings (SSSR count). The van der Waals surface area contributed by atoms with Gasteiger partial charge in [-0.25, -0.2) is 4.79 Å². The van der Waals surface area contributed by atoms with Crippen LogP contribution in [0.25, 0.3) is 6.08 Å². The maximum absolute atomic E-state index is 12.5. The molecule has 1 saturated carbocycles. The third kappa shape index (κ3) is 5.74. The molecule has 0 radical (unpaired) electrons. The molecule has 1 fully saturated rings. The molecule has 0 heterocycles. The fourth-order valence-corrected chi connectivity index (χ4v) is 3.19. The summed E-state index contributed by atoms with van der Waals surface area (Å²) in [4.78, 5) is 24.0. The van der Waals surface area contributed by atoms with Crippen molar-refractivity contribution in [3.05, 3.63) is 29.3 Å². The summed E-state index contributed by atoms with van der Waals surface area (Å²) in [6.07, 6.45) is 4.92. The van der Waals surface area contributed by atoms with E-state index in [1.807, 2.05) is 6.07 Å². The number of nitrogens with zero attached hydrogens (tertiary/aromatic N) is 1. The van der Waals surface area contributed by atoms with E-state index in [1.165, 1.54) is 25.7 Å². The standard InChI is InChI=1S/C21H26N2O5/c1-4-27-21(25)28-18-10-9-15(12-19(18)26-3)11-16(13-22)20(24)23-17-8-6-5-7-14(17)2/h9-12,14,17H,4-8H2,1-3H3,(H,23,24)/b16-11+/t14-,17-/m0/s1. The van der Waals surface area contributed by atoms with Crippen LogP contribution < -0.4 is 14.8 Å². The summed E-state index contributed by atoms with van der Waals surface area (Å²) in [5, 5.41) is 12.4. The fourth-order valence-electron chi connectivity index (χ4n) is 3.19. The van der Waals surface area contributed by atoms with Gasteiger partial charge in [-0.2, -0.15) is 5.26 Å². The quantitative estimate of drug-likeness (QED) is 0.345. The van der Waals surface area contributed by atoms with E-state index in [1.54, 1.807) is 19.1 Å². The average molecular weight is 386 g/mol. The van der Waals surface area contributed by atoms with Crippen molar-refractivity contribution in [1.29, 1.82) is 5.26 Å². The minimum absolute atomic E-state index is 0.0129. The van der Waals surface area contributed by atoms with Crippen molar-refractivity contribution in [2.45, 2.75) is 45.6 Å². The number of amides is 1. The highest BCUT2D eigenvalue weighted by Crippen LogP contribution is 2.29. The highest BCUT2D eigenvalue weighted by Gasteiger charge is 2.24. The van der Waals surface area contributed by atoms with E-state index in [4.69, 9.17) is 14.2 Å². The molecule has 2 atom stereocenters. The topological polar surface area (TPSA) is 97.7 Å². The van der Waals surface area contributed by atoms with Crippen molar-refractivity contribution < 1.29 is 23.8 Å². The van der Waals surface area contributed by atoms with Crippen molar-refractivity contribution in [1.82, 2.24) is 5.32 Å². The van der Waals surface area contributed by atoms with Crippen LogP contribution in [-0.2, 0) is 9.53 Å². The Balaban J connectivity index is 2.15. The summed E-state index contributed by atoms with van der Waals surface area (Å²) in [5.74, 6) is 0.501. The largest absolute Gasteiger partial charge is 0.513 e. The number of methoxy groups -OCH3 is 1. The lowest BCUT2D eigenvalue weighted by Crippen LogP contribution is -2.41. The number of ether oxygens (including phenoxy) is 3. The summed E-state index contributed by atoms with van der Waals surface area (Å²) >= 11 is 0. The predicted molar refractivity (Wildman–Crippen MR) is 104 cm³/mol. The van der Waals surface area contributed by atoms with Gasteiger partial charge in [-0.1, -0.05) is 25.8 Å². The van der Waals surface area contributed by atoms with Gasteiger partial charge in [0.1, 0.15) is 11.6 Å². The molecule has 0 aromatic heterocycles. The second kappa shape index (κ2) is 10.4. The molecule has 1 aliphatic carbocycles. The molecule has 7 nitrogen and oxygen atoms in total. The third-order valence-electron chi connectivity index (χ3n) is 4.75. The van der Waals surface area contributed by atoms with Crippen LogP contribution in [0.4, 0.5) is 4.79 Å². The van der Waals surface area contributed by atoms with Crippen molar-refractivity contribution in [3.63, 3.8) is 0 Å². The molecule has 1 aromatic carbocycles. The maximum Gasteiger partial charge on any atom is 0.513 e. The Morgan fingerprint density at radius 1 is 1.29 bits per heavy atom. The van der Waals surface area contributed by atoms with E-state index in [0.29, 0.717) is 17.2 Å². The average Bonchev–Trinajstić information content (AvgIpc) is 2.68. The Labute approximate surface area is 165 Å². The molecular weight excluding hydrogens is 360 g/mol. The molecular formula is C21H26N2O5. The molecule has 7 heteroatoms. The zero-order valence-electron chi connectivity index (χ0n) is 16.5. The number of nitrogens with one attached hydrogen (secondary N) is 1. The predicted octanol–water partition coefficient (Wildman–Crippen LogP) is 3.83. The number of hydrogen-bond acceptors (Lipinski definition) is 6. The molecule has 0 unspecified atom stereocenters. The lowest BCUT2D eigenvalue weighted by Gasteiger charge is -2.29. The Hall–Kier alpha value is -3.01. The first-order valence-electron chi connectivity index (χ1n) is 9.43. The second-order valence-electron chi connectivity index (χ2n) is 6.71. The Kier molecular flexibility index (Phi) is 7.88. The SMILES string of the molecule is CCOC(=O)Oc1ccc(/C=C(\C#N)C(=O)N[C@H]2CCCC[C@@H]2C)cc1OC. The molecule has 0 bridgehead atoms. The molecule has 1 aliphatic rings. The Bertz CT molecular complexity index is 781. The highest BCUT2D eigenvalue weighted by atomic mass is 16.7. The summed E-state index contributed by atoms with van der Waals surface area (Å²) in [5.41, 5.74) is 0.593. The molecule has 0 aliphatic heterocycles. The molecule has 150 valence electrons. The molecule has 1 N–H and O–H groups in total. The van der Waals surface area contributed by atoms with E-state index in [-0.39, 0.29) is 29.9 Å². The normalized spacial score (nSPS) is 19.3. The van der Waals surface area contributed by atoms with Crippen LogP contribution in [-0.4, -0.2) is 31.8 Å². The smallest absolute Gasteiger partial charge is 0.493 e. The monoisotopic (exact) mass is 386 g/mol. The van der Waals surface area contributed by atoms with Crippen LogP contribution in [0.5, 0.6) is 11.5 Å². The van der Waals surface area contributed by atoms with Crippen LogP contribution in [0.2, 0.25) is 0 Å². The van der Waals surface area contributed by atoms with Crippen LogP contribution in [0.15, 0.2) is 23.8 Å². The van der Waals surface area contributed by atoms with Crippen molar-refractivity contribution >= 4 is 18.1 Å². The summed E-state index contributed by atoms with van der Waals surface area (Å²) in [6.45, 7) is 3.99.